The molecule has 0 fully saturated rings. The van der Waals surface area contributed by atoms with E-state index in [1.807, 2.05) is 55.5 Å². The molecule has 3 aromatic carbocycles. The number of hydrogen-bond acceptors (Lipinski definition) is 3. The van der Waals surface area contributed by atoms with Crippen LogP contribution in [-0.4, -0.2) is 11.8 Å². The second kappa shape index (κ2) is 8.66. The molecular weight excluding hydrogens is 376 g/mol. The third-order valence-corrected chi connectivity index (χ3v) is 5.01. The highest BCUT2D eigenvalue weighted by molar-refractivity contribution is 5.99. The quantitative estimate of drug-likeness (QED) is 0.488. The standard InChI is InChI=1S/C25H22N2O3/c1-17-11-12-20(25(29)26-16-21-9-5-13-30-21)14-23(17)27-24(28)15-19-8-4-7-18-6-2-3-10-22(18)19/h2-14H,15-16H2,1H3,(H,26,29)(H,27,28). The number of amides is 2. The Morgan fingerprint density at radius 2 is 1.77 bits per heavy atom. The van der Waals surface area contributed by atoms with Crippen molar-refractivity contribution in [2.24, 2.45) is 0 Å². The molecule has 4 aromatic rings. The molecule has 0 aliphatic heterocycles. The molecule has 150 valence electrons. The fourth-order valence-corrected chi connectivity index (χ4v) is 3.39. The topological polar surface area (TPSA) is 71.3 Å². The van der Waals surface area contributed by atoms with Gasteiger partial charge in [0.2, 0.25) is 5.91 Å². The maximum absolute atomic E-state index is 12.7. The average molecular weight is 398 g/mol. The van der Waals surface area contributed by atoms with Gasteiger partial charge in [0.05, 0.1) is 19.2 Å². The van der Waals surface area contributed by atoms with Crippen molar-refractivity contribution in [3.63, 3.8) is 0 Å². The number of hydrogen-bond donors (Lipinski definition) is 2. The van der Waals surface area contributed by atoms with Gasteiger partial charge < -0.3 is 15.1 Å². The Labute approximate surface area is 174 Å². The SMILES string of the molecule is Cc1ccc(C(=O)NCc2ccco2)cc1NC(=O)Cc1cccc2ccccc12. The Morgan fingerprint density at radius 3 is 2.60 bits per heavy atom. The predicted octanol–water partition coefficient (Wildman–Crippen LogP) is 4.85. The molecule has 30 heavy (non-hydrogen) atoms. The summed E-state index contributed by atoms with van der Waals surface area (Å²) in [6.07, 6.45) is 1.83. The minimum Gasteiger partial charge on any atom is -0.467 e. The molecule has 0 aliphatic rings. The van der Waals surface area contributed by atoms with Crippen LogP contribution in [0.15, 0.2) is 83.5 Å². The number of benzene rings is 3. The number of anilines is 1. The molecule has 1 aromatic heterocycles. The fraction of sp³-hybridized carbons (Fsp3) is 0.120. The Balaban J connectivity index is 1.46. The van der Waals surface area contributed by atoms with Gasteiger partial charge in [-0.2, -0.15) is 0 Å². The lowest BCUT2D eigenvalue weighted by Gasteiger charge is -2.12. The minimum atomic E-state index is -0.226. The van der Waals surface area contributed by atoms with Crippen molar-refractivity contribution in [2.75, 3.05) is 5.32 Å². The molecule has 2 amide bonds. The molecule has 5 nitrogen and oxygen atoms in total. The summed E-state index contributed by atoms with van der Waals surface area (Å²) in [5.74, 6) is 0.331. The molecule has 0 unspecified atom stereocenters. The first-order chi connectivity index (χ1) is 14.6. The van der Waals surface area contributed by atoms with E-state index in [0.29, 0.717) is 23.6 Å². The number of carbonyl (C=O) groups excluding carboxylic acids is 2. The summed E-state index contributed by atoms with van der Waals surface area (Å²) < 4.78 is 5.23. The van der Waals surface area contributed by atoms with Crippen LogP contribution >= 0.6 is 0 Å². The Hall–Kier alpha value is -3.86. The summed E-state index contributed by atoms with van der Waals surface area (Å²) in [6, 6.07) is 22.8. The summed E-state index contributed by atoms with van der Waals surface area (Å²) in [7, 11) is 0. The molecule has 0 saturated carbocycles. The third kappa shape index (κ3) is 4.41. The van der Waals surface area contributed by atoms with Gasteiger partial charge in [0, 0.05) is 11.3 Å². The van der Waals surface area contributed by atoms with Crippen LogP contribution < -0.4 is 10.6 Å². The van der Waals surface area contributed by atoms with Crippen molar-refractivity contribution < 1.29 is 14.0 Å². The van der Waals surface area contributed by atoms with Gasteiger partial charge in [-0.3, -0.25) is 9.59 Å². The molecular formula is C25H22N2O3. The zero-order chi connectivity index (χ0) is 20.9. The smallest absolute Gasteiger partial charge is 0.251 e. The Morgan fingerprint density at radius 1 is 0.933 bits per heavy atom. The zero-order valence-corrected chi connectivity index (χ0v) is 16.6. The molecule has 2 N–H and O–H groups in total. The van der Waals surface area contributed by atoms with E-state index >= 15 is 0 Å². The highest BCUT2D eigenvalue weighted by Crippen LogP contribution is 2.21. The molecule has 1 heterocycles. The number of aryl methyl sites for hydroxylation is 1. The molecule has 0 spiro atoms. The molecule has 0 atom stereocenters. The van der Waals surface area contributed by atoms with E-state index in [9.17, 15) is 9.59 Å². The minimum absolute atomic E-state index is 0.123. The van der Waals surface area contributed by atoms with Crippen LogP contribution in [-0.2, 0) is 17.8 Å². The van der Waals surface area contributed by atoms with Crippen molar-refractivity contribution >= 4 is 28.3 Å². The molecule has 0 bridgehead atoms. The highest BCUT2D eigenvalue weighted by Gasteiger charge is 2.12. The lowest BCUT2D eigenvalue weighted by atomic mass is 10.0. The Kier molecular flexibility index (Phi) is 5.61. The molecule has 5 heteroatoms. The number of furan rings is 1. The van der Waals surface area contributed by atoms with Crippen LogP contribution in [0.1, 0.15) is 27.2 Å². The maximum atomic E-state index is 12.7. The van der Waals surface area contributed by atoms with E-state index in [1.54, 1.807) is 30.5 Å². The van der Waals surface area contributed by atoms with Gasteiger partial charge in [0.1, 0.15) is 5.76 Å². The lowest BCUT2D eigenvalue weighted by Crippen LogP contribution is -2.23. The summed E-state index contributed by atoms with van der Waals surface area (Å²) in [6.45, 7) is 2.21. The van der Waals surface area contributed by atoms with E-state index in [2.05, 4.69) is 10.6 Å². The van der Waals surface area contributed by atoms with Crippen LogP contribution in [0, 0.1) is 6.92 Å². The Bertz CT molecular complexity index is 1190. The summed E-state index contributed by atoms with van der Waals surface area (Å²) in [4.78, 5) is 25.2. The van der Waals surface area contributed by atoms with E-state index in [4.69, 9.17) is 4.42 Å². The molecule has 4 rings (SSSR count). The van der Waals surface area contributed by atoms with Gasteiger partial charge in [0.15, 0.2) is 0 Å². The zero-order valence-electron chi connectivity index (χ0n) is 16.6. The van der Waals surface area contributed by atoms with Gasteiger partial charge in [-0.1, -0.05) is 48.5 Å². The second-order valence-corrected chi connectivity index (χ2v) is 7.15. The van der Waals surface area contributed by atoms with Crippen LogP contribution in [0.2, 0.25) is 0 Å². The van der Waals surface area contributed by atoms with Crippen LogP contribution in [0.5, 0.6) is 0 Å². The van der Waals surface area contributed by atoms with Crippen LogP contribution in [0.3, 0.4) is 0 Å². The van der Waals surface area contributed by atoms with Crippen molar-refractivity contribution in [1.29, 1.82) is 0 Å². The van der Waals surface area contributed by atoms with E-state index in [1.165, 1.54) is 0 Å². The lowest BCUT2D eigenvalue weighted by molar-refractivity contribution is -0.115. The summed E-state index contributed by atoms with van der Waals surface area (Å²) in [5.41, 5.74) is 2.97. The highest BCUT2D eigenvalue weighted by atomic mass is 16.3. The van der Waals surface area contributed by atoms with Crippen molar-refractivity contribution in [3.8, 4) is 0 Å². The first kappa shape index (κ1) is 19.5. The fourth-order valence-electron chi connectivity index (χ4n) is 3.39. The van der Waals surface area contributed by atoms with Crippen molar-refractivity contribution in [1.82, 2.24) is 5.32 Å². The normalized spacial score (nSPS) is 10.7. The predicted molar refractivity (Wildman–Crippen MR) is 117 cm³/mol. The first-order valence-electron chi connectivity index (χ1n) is 9.78. The van der Waals surface area contributed by atoms with E-state index in [-0.39, 0.29) is 18.2 Å². The van der Waals surface area contributed by atoms with Gasteiger partial charge in [0.25, 0.3) is 5.91 Å². The van der Waals surface area contributed by atoms with Crippen molar-refractivity contribution in [3.05, 3.63) is 102 Å². The van der Waals surface area contributed by atoms with Crippen LogP contribution in [0.4, 0.5) is 5.69 Å². The van der Waals surface area contributed by atoms with Gasteiger partial charge >= 0.3 is 0 Å². The molecule has 0 aliphatic carbocycles. The molecule has 0 radical (unpaired) electrons. The second-order valence-electron chi connectivity index (χ2n) is 7.15. The number of nitrogens with one attached hydrogen (secondary N) is 2. The summed E-state index contributed by atoms with van der Waals surface area (Å²) >= 11 is 0. The van der Waals surface area contributed by atoms with Gasteiger partial charge in [-0.05, 0) is 53.1 Å². The average Bonchev–Trinajstić information content (AvgIpc) is 3.27. The number of rotatable bonds is 6. The number of carbonyl (C=O) groups is 2. The first-order valence-corrected chi connectivity index (χ1v) is 9.78. The molecule has 0 saturated heterocycles. The summed E-state index contributed by atoms with van der Waals surface area (Å²) in [5, 5.41) is 7.94. The number of fused-ring (bicyclic) bond motifs is 1. The monoisotopic (exact) mass is 398 g/mol. The van der Waals surface area contributed by atoms with E-state index in [0.717, 1.165) is 21.9 Å². The van der Waals surface area contributed by atoms with Crippen LogP contribution in [0.25, 0.3) is 10.8 Å². The largest absolute Gasteiger partial charge is 0.467 e. The third-order valence-electron chi connectivity index (χ3n) is 5.01. The van der Waals surface area contributed by atoms with Gasteiger partial charge in [-0.25, -0.2) is 0 Å². The van der Waals surface area contributed by atoms with Gasteiger partial charge in [-0.15, -0.1) is 0 Å². The maximum Gasteiger partial charge on any atom is 0.251 e. The van der Waals surface area contributed by atoms with Crippen molar-refractivity contribution in [2.45, 2.75) is 19.9 Å². The van der Waals surface area contributed by atoms with E-state index < -0.39 is 0 Å².